The number of rotatable bonds is 5. The predicted octanol–water partition coefficient (Wildman–Crippen LogP) is 1.19. The molecule has 0 bridgehead atoms. The summed E-state index contributed by atoms with van der Waals surface area (Å²) in [5.41, 5.74) is 1.91. The van der Waals surface area contributed by atoms with Gasteiger partial charge in [-0.1, -0.05) is 0 Å². The highest BCUT2D eigenvalue weighted by molar-refractivity contribution is 5.67. The van der Waals surface area contributed by atoms with E-state index in [1.165, 1.54) is 0 Å². The van der Waals surface area contributed by atoms with Crippen LogP contribution in [0.4, 0.5) is 5.82 Å². The molecule has 0 fully saturated rings. The number of carboxylic acids is 1. The maximum absolute atomic E-state index is 10.5. The van der Waals surface area contributed by atoms with Crippen LogP contribution in [0.5, 0.6) is 0 Å². The molecule has 0 saturated carbocycles. The Morgan fingerprint density at radius 2 is 2.10 bits per heavy atom. The molecule has 0 unspecified atom stereocenters. The zero-order valence-electron chi connectivity index (χ0n) is 11.7. The van der Waals surface area contributed by atoms with Gasteiger partial charge in [-0.25, -0.2) is 4.68 Å². The first kappa shape index (κ1) is 14.0. The molecule has 0 saturated heterocycles. The van der Waals surface area contributed by atoms with Crippen molar-refractivity contribution in [3.63, 3.8) is 0 Å². The van der Waals surface area contributed by atoms with Crippen molar-refractivity contribution in [3.8, 4) is 5.82 Å². The summed E-state index contributed by atoms with van der Waals surface area (Å²) in [6.45, 7) is 4.27. The maximum Gasteiger partial charge on any atom is 0.305 e. The van der Waals surface area contributed by atoms with Crippen molar-refractivity contribution in [2.24, 2.45) is 0 Å². The van der Waals surface area contributed by atoms with Crippen LogP contribution in [0.3, 0.4) is 0 Å². The van der Waals surface area contributed by atoms with Gasteiger partial charge < -0.3 is 10.0 Å². The number of hydrogen-bond acceptors (Lipinski definition) is 5. The molecule has 0 aliphatic carbocycles. The average molecular weight is 275 g/mol. The van der Waals surface area contributed by atoms with Crippen molar-refractivity contribution in [1.29, 1.82) is 0 Å². The Morgan fingerprint density at radius 3 is 2.60 bits per heavy atom. The lowest BCUT2D eigenvalue weighted by molar-refractivity contribution is -0.136. The Kier molecular flexibility index (Phi) is 3.97. The summed E-state index contributed by atoms with van der Waals surface area (Å²) in [6.07, 6.45) is 0.0669. The second-order valence-electron chi connectivity index (χ2n) is 4.65. The first-order chi connectivity index (χ1) is 9.47. The molecule has 20 heavy (non-hydrogen) atoms. The molecule has 2 aromatic heterocycles. The first-order valence-corrected chi connectivity index (χ1v) is 6.27. The van der Waals surface area contributed by atoms with E-state index in [-0.39, 0.29) is 6.42 Å². The van der Waals surface area contributed by atoms with Gasteiger partial charge in [-0.15, -0.1) is 10.2 Å². The molecule has 0 aromatic carbocycles. The standard InChI is InChI=1S/C13H17N5O2/c1-9-8-10(2)18(16-9)12-5-4-11(14-15-12)17(3)7-6-13(19)20/h4-5,8H,6-7H2,1-3H3,(H,19,20). The van der Waals surface area contributed by atoms with Crippen molar-refractivity contribution < 1.29 is 9.90 Å². The second-order valence-corrected chi connectivity index (χ2v) is 4.65. The van der Waals surface area contributed by atoms with Crippen LogP contribution in [-0.2, 0) is 4.79 Å². The number of carboxylic acid groups (broad SMARTS) is 1. The summed E-state index contributed by atoms with van der Waals surface area (Å²) in [5, 5.41) is 21.2. The minimum atomic E-state index is -0.830. The van der Waals surface area contributed by atoms with E-state index in [9.17, 15) is 4.79 Å². The zero-order valence-corrected chi connectivity index (χ0v) is 11.7. The summed E-state index contributed by atoms with van der Waals surface area (Å²) in [7, 11) is 1.79. The molecule has 2 heterocycles. The largest absolute Gasteiger partial charge is 0.481 e. The van der Waals surface area contributed by atoms with Crippen LogP contribution in [0, 0.1) is 13.8 Å². The number of carbonyl (C=O) groups is 1. The summed E-state index contributed by atoms with van der Waals surface area (Å²) >= 11 is 0. The Bertz CT molecular complexity index is 606. The number of anilines is 1. The fourth-order valence-corrected chi connectivity index (χ4v) is 1.87. The van der Waals surface area contributed by atoms with E-state index in [0.717, 1.165) is 11.4 Å². The first-order valence-electron chi connectivity index (χ1n) is 6.27. The van der Waals surface area contributed by atoms with Crippen molar-refractivity contribution in [1.82, 2.24) is 20.0 Å². The molecular formula is C13H17N5O2. The van der Waals surface area contributed by atoms with Crippen molar-refractivity contribution >= 4 is 11.8 Å². The average Bonchev–Trinajstić information content (AvgIpc) is 2.75. The summed E-state index contributed by atoms with van der Waals surface area (Å²) in [4.78, 5) is 12.3. The number of aromatic nitrogens is 4. The Hall–Kier alpha value is -2.44. The monoisotopic (exact) mass is 275 g/mol. The maximum atomic E-state index is 10.5. The molecule has 0 atom stereocenters. The fraction of sp³-hybridized carbons (Fsp3) is 0.385. The molecule has 7 heteroatoms. The molecule has 2 aromatic rings. The van der Waals surface area contributed by atoms with Gasteiger partial charge in [0.15, 0.2) is 11.6 Å². The smallest absolute Gasteiger partial charge is 0.305 e. The van der Waals surface area contributed by atoms with Crippen molar-refractivity contribution in [2.75, 3.05) is 18.5 Å². The van der Waals surface area contributed by atoms with E-state index >= 15 is 0 Å². The molecule has 0 amide bonds. The number of hydrogen-bond donors (Lipinski definition) is 1. The Balaban J connectivity index is 2.14. The quantitative estimate of drug-likeness (QED) is 0.882. The van der Waals surface area contributed by atoms with E-state index in [1.54, 1.807) is 22.7 Å². The van der Waals surface area contributed by atoms with Crippen molar-refractivity contribution in [2.45, 2.75) is 20.3 Å². The van der Waals surface area contributed by atoms with Crippen LogP contribution in [0.2, 0.25) is 0 Å². The van der Waals surface area contributed by atoms with E-state index in [2.05, 4.69) is 15.3 Å². The molecular weight excluding hydrogens is 258 g/mol. The van der Waals surface area contributed by atoms with Gasteiger partial charge in [0.25, 0.3) is 0 Å². The molecule has 1 N–H and O–H groups in total. The minimum absolute atomic E-state index is 0.0669. The molecule has 2 rings (SSSR count). The van der Waals surface area contributed by atoms with Crippen LogP contribution in [0.25, 0.3) is 5.82 Å². The number of aryl methyl sites for hydroxylation is 2. The molecule has 0 radical (unpaired) electrons. The number of aliphatic carboxylic acids is 1. The molecule has 0 aliphatic rings. The Labute approximate surface area is 116 Å². The highest BCUT2D eigenvalue weighted by Crippen LogP contribution is 2.12. The van der Waals surface area contributed by atoms with E-state index in [4.69, 9.17) is 5.11 Å². The lowest BCUT2D eigenvalue weighted by Crippen LogP contribution is -2.22. The predicted molar refractivity (Wildman–Crippen MR) is 74.2 cm³/mol. The fourth-order valence-electron chi connectivity index (χ4n) is 1.87. The van der Waals surface area contributed by atoms with Gasteiger partial charge >= 0.3 is 5.97 Å². The molecule has 106 valence electrons. The third-order valence-electron chi connectivity index (χ3n) is 2.92. The minimum Gasteiger partial charge on any atom is -0.481 e. The molecule has 0 spiro atoms. The van der Waals surface area contributed by atoms with E-state index in [1.807, 2.05) is 26.0 Å². The van der Waals surface area contributed by atoms with E-state index < -0.39 is 5.97 Å². The molecule has 0 aliphatic heterocycles. The normalized spacial score (nSPS) is 10.6. The third kappa shape index (κ3) is 3.11. The highest BCUT2D eigenvalue weighted by atomic mass is 16.4. The van der Waals surface area contributed by atoms with E-state index in [0.29, 0.717) is 18.2 Å². The van der Waals surface area contributed by atoms with Crippen molar-refractivity contribution in [3.05, 3.63) is 29.6 Å². The van der Waals surface area contributed by atoms with Crippen LogP contribution in [0.15, 0.2) is 18.2 Å². The van der Waals surface area contributed by atoms with Gasteiger partial charge in [0.2, 0.25) is 0 Å². The third-order valence-corrected chi connectivity index (χ3v) is 2.92. The van der Waals surface area contributed by atoms with Crippen LogP contribution >= 0.6 is 0 Å². The highest BCUT2D eigenvalue weighted by Gasteiger charge is 2.08. The molecule has 7 nitrogen and oxygen atoms in total. The van der Waals surface area contributed by atoms with Crippen LogP contribution < -0.4 is 4.90 Å². The van der Waals surface area contributed by atoms with Crippen LogP contribution in [-0.4, -0.2) is 44.6 Å². The van der Waals surface area contributed by atoms with Gasteiger partial charge in [0, 0.05) is 19.3 Å². The van der Waals surface area contributed by atoms with Gasteiger partial charge in [-0.3, -0.25) is 4.79 Å². The zero-order chi connectivity index (χ0) is 14.7. The number of nitrogens with zero attached hydrogens (tertiary/aromatic N) is 5. The van der Waals surface area contributed by atoms with Gasteiger partial charge in [0.1, 0.15) is 0 Å². The SMILES string of the molecule is Cc1cc(C)n(-c2ccc(N(C)CCC(=O)O)nn2)n1. The van der Waals surface area contributed by atoms with Gasteiger partial charge in [-0.05, 0) is 32.0 Å². The summed E-state index contributed by atoms with van der Waals surface area (Å²) in [5.74, 6) is 0.451. The summed E-state index contributed by atoms with van der Waals surface area (Å²) < 4.78 is 1.73. The second kappa shape index (κ2) is 5.68. The lowest BCUT2D eigenvalue weighted by Gasteiger charge is -2.16. The lowest BCUT2D eigenvalue weighted by atomic mass is 10.4. The Morgan fingerprint density at radius 1 is 1.35 bits per heavy atom. The summed E-state index contributed by atoms with van der Waals surface area (Å²) in [6, 6.07) is 5.59. The topological polar surface area (TPSA) is 84.1 Å². The van der Waals surface area contributed by atoms with Gasteiger partial charge in [-0.2, -0.15) is 5.10 Å². The van der Waals surface area contributed by atoms with Gasteiger partial charge in [0.05, 0.1) is 12.1 Å². The van der Waals surface area contributed by atoms with Crippen LogP contribution in [0.1, 0.15) is 17.8 Å².